The highest BCUT2D eigenvalue weighted by Gasteiger charge is 2.33. The largest absolute Gasteiger partial charge is 0.419 e. The van der Waals surface area contributed by atoms with Crippen molar-refractivity contribution in [1.29, 1.82) is 0 Å². The van der Waals surface area contributed by atoms with E-state index < -0.39 is 11.7 Å². The molecule has 0 atom stereocenters. The average molecular weight is 294 g/mol. The highest BCUT2D eigenvalue weighted by Crippen LogP contribution is 2.33. The summed E-state index contributed by atoms with van der Waals surface area (Å²) in [5.41, 5.74) is 1.37. The van der Waals surface area contributed by atoms with E-state index in [0.717, 1.165) is 11.6 Å². The molecule has 1 N–H and O–H groups in total. The number of pyridine rings is 1. The van der Waals surface area contributed by atoms with Crippen LogP contribution >= 0.6 is 0 Å². The Kier molecular flexibility index (Phi) is 4.50. The summed E-state index contributed by atoms with van der Waals surface area (Å²) in [4.78, 5) is 3.77. The Labute approximate surface area is 122 Å². The average Bonchev–Trinajstić information content (AvgIpc) is 2.45. The van der Waals surface area contributed by atoms with E-state index >= 15 is 0 Å². The Hall–Kier alpha value is -2.04. The quantitative estimate of drug-likeness (QED) is 0.873. The van der Waals surface area contributed by atoms with Gasteiger partial charge in [-0.15, -0.1) is 0 Å². The molecule has 2 rings (SSSR count). The number of nitrogens with one attached hydrogen (secondary N) is 1. The molecule has 5 heteroatoms. The van der Waals surface area contributed by atoms with E-state index in [1.807, 2.05) is 24.3 Å². The number of hydrogen-bond donors (Lipinski definition) is 1. The van der Waals surface area contributed by atoms with Gasteiger partial charge in [-0.2, -0.15) is 13.2 Å². The van der Waals surface area contributed by atoms with Crippen LogP contribution in [0.15, 0.2) is 42.6 Å². The van der Waals surface area contributed by atoms with Gasteiger partial charge in [0, 0.05) is 12.7 Å². The molecule has 2 nitrogen and oxygen atoms in total. The molecule has 2 aromatic rings. The van der Waals surface area contributed by atoms with Gasteiger partial charge in [0.25, 0.3) is 0 Å². The van der Waals surface area contributed by atoms with Gasteiger partial charge >= 0.3 is 6.18 Å². The second kappa shape index (κ2) is 6.16. The topological polar surface area (TPSA) is 24.9 Å². The van der Waals surface area contributed by atoms with Crippen LogP contribution in [0.4, 0.5) is 19.0 Å². The van der Waals surface area contributed by atoms with Crippen LogP contribution < -0.4 is 5.32 Å². The van der Waals surface area contributed by atoms with Crippen LogP contribution in [0.25, 0.3) is 0 Å². The third kappa shape index (κ3) is 3.97. The number of nitrogens with zero attached hydrogens (tertiary/aromatic N) is 1. The molecule has 112 valence electrons. The SMILES string of the molecule is CC(C)c1ccc(CNc2ncccc2C(F)(F)F)cc1. The lowest BCUT2D eigenvalue weighted by atomic mass is 10.0. The first kappa shape index (κ1) is 15.4. The zero-order chi connectivity index (χ0) is 15.5. The van der Waals surface area contributed by atoms with E-state index in [9.17, 15) is 13.2 Å². The van der Waals surface area contributed by atoms with E-state index in [-0.39, 0.29) is 5.82 Å². The number of aromatic nitrogens is 1. The van der Waals surface area contributed by atoms with Crippen molar-refractivity contribution in [2.75, 3.05) is 5.32 Å². The van der Waals surface area contributed by atoms with Crippen molar-refractivity contribution in [3.05, 3.63) is 59.3 Å². The number of hydrogen-bond acceptors (Lipinski definition) is 2. The summed E-state index contributed by atoms with van der Waals surface area (Å²) >= 11 is 0. The standard InChI is InChI=1S/C16H17F3N2/c1-11(2)13-7-5-12(6-8-13)10-21-15-14(16(17,18)19)4-3-9-20-15/h3-9,11H,10H2,1-2H3,(H,20,21). The van der Waals surface area contributed by atoms with E-state index in [1.165, 1.54) is 17.8 Å². The summed E-state index contributed by atoms with van der Waals surface area (Å²) in [5.74, 6) is 0.289. The van der Waals surface area contributed by atoms with Gasteiger partial charge in [0.05, 0.1) is 5.56 Å². The van der Waals surface area contributed by atoms with Crippen molar-refractivity contribution < 1.29 is 13.2 Å². The molecule has 0 aliphatic heterocycles. The third-order valence-corrected chi connectivity index (χ3v) is 3.22. The highest BCUT2D eigenvalue weighted by atomic mass is 19.4. The molecule has 0 aliphatic carbocycles. The van der Waals surface area contributed by atoms with Crippen molar-refractivity contribution in [1.82, 2.24) is 4.98 Å². The summed E-state index contributed by atoms with van der Waals surface area (Å²) in [6.07, 6.45) is -3.06. The summed E-state index contributed by atoms with van der Waals surface area (Å²) in [6, 6.07) is 10.1. The molecule has 0 saturated heterocycles. The smallest absolute Gasteiger partial charge is 0.365 e. The maximum Gasteiger partial charge on any atom is 0.419 e. The van der Waals surface area contributed by atoms with Crippen LogP contribution in [0.2, 0.25) is 0 Å². The van der Waals surface area contributed by atoms with E-state index in [2.05, 4.69) is 24.1 Å². The van der Waals surface area contributed by atoms with E-state index in [1.54, 1.807) is 0 Å². The van der Waals surface area contributed by atoms with Crippen LogP contribution in [0, 0.1) is 0 Å². The molecular formula is C16H17F3N2. The minimum atomic E-state index is -4.40. The summed E-state index contributed by atoms with van der Waals surface area (Å²) in [7, 11) is 0. The minimum absolute atomic E-state index is 0.141. The fourth-order valence-corrected chi connectivity index (χ4v) is 1.98. The number of halogens is 3. The number of benzene rings is 1. The molecule has 1 aromatic heterocycles. The lowest BCUT2D eigenvalue weighted by molar-refractivity contribution is -0.137. The Bertz CT molecular complexity index is 589. The summed E-state index contributed by atoms with van der Waals surface area (Å²) in [5, 5.41) is 2.75. The summed E-state index contributed by atoms with van der Waals surface area (Å²) < 4.78 is 38.5. The number of alkyl halides is 3. The fraction of sp³-hybridized carbons (Fsp3) is 0.312. The van der Waals surface area contributed by atoms with Crippen LogP contribution in [0.1, 0.15) is 36.5 Å². The molecule has 0 bridgehead atoms. The van der Waals surface area contributed by atoms with Crippen molar-refractivity contribution in [3.63, 3.8) is 0 Å². The number of anilines is 1. The van der Waals surface area contributed by atoms with E-state index in [0.29, 0.717) is 12.5 Å². The highest BCUT2D eigenvalue weighted by molar-refractivity contribution is 5.46. The molecule has 0 saturated carbocycles. The normalized spacial score (nSPS) is 11.7. The third-order valence-electron chi connectivity index (χ3n) is 3.22. The molecule has 21 heavy (non-hydrogen) atoms. The van der Waals surface area contributed by atoms with Crippen molar-refractivity contribution in [3.8, 4) is 0 Å². The molecule has 0 fully saturated rings. The molecule has 0 amide bonds. The Morgan fingerprint density at radius 2 is 1.76 bits per heavy atom. The second-order valence-corrected chi connectivity index (χ2v) is 5.15. The van der Waals surface area contributed by atoms with Gasteiger partial charge in [-0.1, -0.05) is 38.1 Å². The first-order valence-electron chi connectivity index (χ1n) is 6.73. The zero-order valence-corrected chi connectivity index (χ0v) is 11.9. The maximum atomic E-state index is 12.8. The molecule has 1 heterocycles. The minimum Gasteiger partial charge on any atom is -0.365 e. The predicted octanol–water partition coefficient (Wildman–Crippen LogP) is 4.84. The lowest BCUT2D eigenvalue weighted by Gasteiger charge is -2.13. The van der Waals surface area contributed by atoms with Gasteiger partial charge in [0.2, 0.25) is 0 Å². The van der Waals surface area contributed by atoms with Gasteiger partial charge in [-0.3, -0.25) is 0 Å². The van der Waals surface area contributed by atoms with Gasteiger partial charge in [0.1, 0.15) is 5.82 Å². The molecule has 0 aliphatic rings. The molecule has 0 spiro atoms. The predicted molar refractivity (Wildman–Crippen MR) is 77.1 cm³/mol. The van der Waals surface area contributed by atoms with Gasteiger partial charge < -0.3 is 5.32 Å². The second-order valence-electron chi connectivity index (χ2n) is 5.15. The summed E-state index contributed by atoms with van der Waals surface area (Å²) in [6.45, 7) is 4.49. The van der Waals surface area contributed by atoms with Crippen molar-refractivity contribution in [2.24, 2.45) is 0 Å². The van der Waals surface area contributed by atoms with Crippen LogP contribution in [-0.4, -0.2) is 4.98 Å². The Morgan fingerprint density at radius 3 is 2.33 bits per heavy atom. The first-order valence-corrected chi connectivity index (χ1v) is 6.73. The molecule has 0 radical (unpaired) electrons. The van der Waals surface area contributed by atoms with Gasteiger partial charge in [-0.05, 0) is 29.2 Å². The molecule has 1 aromatic carbocycles. The Morgan fingerprint density at radius 1 is 1.10 bits per heavy atom. The van der Waals surface area contributed by atoms with Crippen LogP contribution in [0.3, 0.4) is 0 Å². The lowest BCUT2D eigenvalue weighted by Crippen LogP contribution is -2.12. The van der Waals surface area contributed by atoms with Crippen LogP contribution in [-0.2, 0) is 12.7 Å². The van der Waals surface area contributed by atoms with Crippen molar-refractivity contribution >= 4 is 5.82 Å². The molecule has 0 unspecified atom stereocenters. The molecular weight excluding hydrogens is 277 g/mol. The van der Waals surface area contributed by atoms with Crippen molar-refractivity contribution in [2.45, 2.75) is 32.5 Å². The Balaban J connectivity index is 2.10. The number of rotatable bonds is 4. The maximum absolute atomic E-state index is 12.8. The van der Waals surface area contributed by atoms with Gasteiger partial charge in [-0.25, -0.2) is 4.98 Å². The first-order chi connectivity index (χ1) is 9.88. The van der Waals surface area contributed by atoms with Gasteiger partial charge in [0.15, 0.2) is 0 Å². The zero-order valence-electron chi connectivity index (χ0n) is 11.9. The van der Waals surface area contributed by atoms with E-state index in [4.69, 9.17) is 0 Å². The fourth-order valence-electron chi connectivity index (χ4n) is 1.98. The monoisotopic (exact) mass is 294 g/mol. The van der Waals surface area contributed by atoms with Crippen LogP contribution in [0.5, 0.6) is 0 Å².